The number of fused-ring (bicyclic) bond motifs is 9. The molecule has 0 fully saturated rings. The van der Waals surface area contributed by atoms with Gasteiger partial charge < -0.3 is 13.7 Å². The molecule has 220 valence electrons. The highest BCUT2D eigenvalue weighted by Crippen LogP contribution is 2.50. The van der Waals surface area contributed by atoms with Gasteiger partial charge in [-0.3, -0.25) is 0 Å². The number of rotatable bonds is 4. The van der Waals surface area contributed by atoms with Gasteiger partial charge in [0.2, 0.25) is 0 Å². The number of nitrogens with zero attached hydrogens (tertiary/aromatic N) is 1. The lowest BCUT2D eigenvalue weighted by Crippen LogP contribution is -2.12. The van der Waals surface area contributed by atoms with E-state index in [0.29, 0.717) is 0 Å². The largest absolute Gasteiger partial charge is 0.456 e. The molecule has 47 heavy (non-hydrogen) atoms. The topological polar surface area (TPSA) is 29.5 Å². The molecule has 3 nitrogen and oxygen atoms in total. The van der Waals surface area contributed by atoms with Crippen molar-refractivity contribution in [2.24, 2.45) is 0 Å². The summed E-state index contributed by atoms with van der Waals surface area (Å²) in [6.07, 6.45) is 0. The van der Waals surface area contributed by atoms with Gasteiger partial charge in [-0.25, -0.2) is 0 Å². The number of anilines is 3. The molecule has 2 heterocycles. The molecule has 8 aromatic carbocycles. The highest BCUT2D eigenvalue weighted by atomic mass is 16.3. The van der Waals surface area contributed by atoms with Crippen LogP contribution in [-0.2, 0) is 0 Å². The zero-order valence-electron chi connectivity index (χ0n) is 25.4. The minimum absolute atomic E-state index is 0.856. The second-order valence-electron chi connectivity index (χ2n) is 12.1. The molecule has 0 spiro atoms. The number of para-hydroxylation sites is 2. The van der Waals surface area contributed by atoms with Crippen molar-refractivity contribution in [1.82, 2.24) is 0 Å². The molecule has 0 saturated carbocycles. The molecule has 0 aliphatic carbocycles. The SMILES string of the molecule is c1ccc(-c2c(N(c3ccc4c(c3)oc3ccccc34)c3ccc4oc5ccccc5c4c3)c3ccccc3c3ccccc23)cc1. The lowest BCUT2D eigenvalue weighted by Gasteiger charge is -2.30. The third kappa shape index (κ3) is 3.93. The molecule has 0 radical (unpaired) electrons. The van der Waals surface area contributed by atoms with Crippen LogP contribution in [0, 0.1) is 0 Å². The molecular weight excluding hydrogens is 574 g/mol. The van der Waals surface area contributed by atoms with Crippen molar-refractivity contribution in [3.05, 3.63) is 164 Å². The van der Waals surface area contributed by atoms with E-state index in [1.807, 2.05) is 24.3 Å². The van der Waals surface area contributed by atoms with E-state index in [-0.39, 0.29) is 0 Å². The summed E-state index contributed by atoms with van der Waals surface area (Å²) in [5, 5.41) is 9.23. The summed E-state index contributed by atoms with van der Waals surface area (Å²) in [5.41, 5.74) is 9.02. The molecule has 3 heteroatoms. The fourth-order valence-corrected chi connectivity index (χ4v) is 7.37. The molecule has 0 aliphatic rings. The Morgan fingerprint density at radius 2 is 0.809 bits per heavy atom. The number of hydrogen-bond acceptors (Lipinski definition) is 3. The average molecular weight is 602 g/mol. The van der Waals surface area contributed by atoms with Crippen molar-refractivity contribution < 1.29 is 8.83 Å². The van der Waals surface area contributed by atoms with Gasteiger partial charge in [0.1, 0.15) is 22.3 Å². The summed E-state index contributed by atoms with van der Waals surface area (Å²) < 4.78 is 12.7. The smallest absolute Gasteiger partial charge is 0.137 e. The van der Waals surface area contributed by atoms with E-state index in [1.54, 1.807) is 0 Å². The van der Waals surface area contributed by atoms with Crippen LogP contribution in [0.1, 0.15) is 0 Å². The zero-order chi connectivity index (χ0) is 30.9. The average Bonchev–Trinajstić information content (AvgIpc) is 3.70. The Hall–Kier alpha value is -6.32. The first-order valence-electron chi connectivity index (χ1n) is 15.9. The van der Waals surface area contributed by atoms with Gasteiger partial charge in [-0.15, -0.1) is 0 Å². The minimum atomic E-state index is 0.856. The lowest BCUT2D eigenvalue weighted by atomic mass is 9.90. The Kier molecular flexibility index (Phi) is 5.57. The zero-order valence-corrected chi connectivity index (χ0v) is 25.4. The second-order valence-corrected chi connectivity index (χ2v) is 12.1. The van der Waals surface area contributed by atoms with Crippen molar-refractivity contribution in [2.75, 3.05) is 4.90 Å². The van der Waals surface area contributed by atoms with Gasteiger partial charge in [0.05, 0.1) is 5.69 Å². The van der Waals surface area contributed by atoms with Crippen molar-refractivity contribution in [2.45, 2.75) is 0 Å². The number of hydrogen-bond donors (Lipinski definition) is 0. The van der Waals surface area contributed by atoms with Gasteiger partial charge in [-0.1, -0.05) is 115 Å². The third-order valence-corrected chi connectivity index (χ3v) is 9.43. The summed E-state index contributed by atoms with van der Waals surface area (Å²) in [5.74, 6) is 0. The molecule has 0 unspecified atom stereocenters. The monoisotopic (exact) mass is 601 g/mol. The van der Waals surface area contributed by atoms with Crippen LogP contribution in [0.3, 0.4) is 0 Å². The molecule has 0 N–H and O–H groups in total. The first-order chi connectivity index (χ1) is 23.3. The molecule has 0 saturated heterocycles. The Bertz CT molecular complexity index is 2810. The van der Waals surface area contributed by atoms with Crippen molar-refractivity contribution in [3.8, 4) is 11.1 Å². The summed E-state index contributed by atoms with van der Waals surface area (Å²) >= 11 is 0. The highest BCUT2D eigenvalue weighted by molar-refractivity contribution is 6.23. The van der Waals surface area contributed by atoms with Crippen LogP contribution in [0.4, 0.5) is 17.1 Å². The van der Waals surface area contributed by atoms with Crippen LogP contribution in [0.5, 0.6) is 0 Å². The van der Waals surface area contributed by atoms with E-state index in [9.17, 15) is 0 Å². The van der Waals surface area contributed by atoms with E-state index >= 15 is 0 Å². The summed E-state index contributed by atoms with van der Waals surface area (Å²) in [7, 11) is 0. The molecule has 10 rings (SSSR count). The normalized spacial score (nSPS) is 11.8. The molecule has 0 bridgehead atoms. The molecular formula is C44H27NO2. The van der Waals surface area contributed by atoms with E-state index in [4.69, 9.17) is 8.83 Å². The van der Waals surface area contributed by atoms with Crippen molar-refractivity contribution >= 4 is 82.5 Å². The van der Waals surface area contributed by atoms with Crippen LogP contribution < -0.4 is 4.90 Å². The fraction of sp³-hybridized carbons (Fsp3) is 0. The quantitative estimate of drug-likeness (QED) is 0.188. The van der Waals surface area contributed by atoms with E-state index in [0.717, 1.165) is 66.5 Å². The van der Waals surface area contributed by atoms with Crippen LogP contribution in [-0.4, -0.2) is 0 Å². The maximum absolute atomic E-state index is 6.46. The van der Waals surface area contributed by atoms with Gasteiger partial charge in [-0.2, -0.15) is 0 Å². The predicted molar refractivity (Wildman–Crippen MR) is 196 cm³/mol. The van der Waals surface area contributed by atoms with Crippen LogP contribution in [0.2, 0.25) is 0 Å². The Balaban J connectivity index is 1.36. The van der Waals surface area contributed by atoms with Crippen LogP contribution in [0.15, 0.2) is 173 Å². The maximum atomic E-state index is 6.46. The Morgan fingerprint density at radius 1 is 0.319 bits per heavy atom. The first-order valence-corrected chi connectivity index (χ1v) is 15.9. The van der Waals surface area contributed by atoms with Gasteiger partial charge in [-0.05, 0) is 64.2 Å². The Labute approximate surface area is 270 Å². The lowest BCUT2D eigenvalue weighted by molar-refractivity contribution is 0.668. The number of furan rings is 2. The van der Waals surface area contributed by atoms with Gasteiger partial charge in [0, 0.05) is 49.9 Å². The maximum Gasteiger partial charge on any atom is 0.137 e. The standard InChI is InChI=1S/C44H27NO2/c1-2-12-28(13-3-1)43-36-18-6-4-14-31(36)32-15-5-7-19-37(32)44(43)45(29-23-25-41-38(26-29)34-17-9-11-21-40(34)46-41)30-22-24-35-33-16-8-10-20-39(33)47-42(35)27-30/h1-27H. The van der Waals surface area contributed by atoms with Crippen molar-refractivity contribution in [3.63, 3.8) is 0 Å². The summed E-state index contributed by atoms with van der Waals surface area (Å²) in [6.45, 7) is 0. The molecule has 2 aromatic heterocycles. The second kappa shape index (κ2) is 10.1. The van der Waals surface area contributed by atoms with Crippen LogP contribution in [0.25, 0.3) is 76.5 Å². The Morgan fingerprint density at radius 3 is 1.55 bits per heavy atom. The first kappa shape index (κ1) is 26.0. The minimum Gasteiger partial charge on any atom is -0.456 e. The third-order valence-electron chi connectivity index (χ3n) is 9.43. The molecule has 0 amide bonds. The summed E-state index contributed by atoms with van der Waals surface area (Å²) in [6, 6.07) is 57.9. The van der Waals surface area contributed by atoms with Gasteiger partial charge in [0.15, 0.2) is 0 Å². The predicted octanol–water partition coefficient (Wildman–Crippen LogP) is 12.9. The summed E-state index contributed by atoms with van der Waals surface area (Å²) in [4.78, 5) is 2.41. The number of benzene rings is 8. The van der Waals surface area contributed by atoms with Gasteiger partial charge >= 0.3 is 0 Å². The van der Waals surface area contributed by atoms with Gasteiger partial charge in [0.25, 0.3) is 0 Å². The van der Waals surface area contributed by atoms with Crippen LogP contribution >= 0.6 is 0 Å². The molecule has 0 aliphatic heterocycles. The highest BCUT2D eigenvalue weighted by Gasteiger charge is 2.25. The molecule has 10 aromatic rings. The molecule has 0 atom stereocenters. The fourth-order valence-electron chi connectivity index (χ4n) is 7.37. The van der Waals surface area contributed by atoms with Crippen molar-refractivity contribution in [1.29, 1.82) is 0 Å². The van der Waals surface area contributed by atoms with E-state index in [2.05, 4.69) is 144 Å². The van der Waals surface area contributed by atoms with E-state index in [1.165, 1.54) is 27.1 Å². The van der Waals surface area contributed by atoms with E-state index < -0.39 is 0 Å².